The van der Waals surface area contributed by atoms with Crippen LogP contribution in [-0.2, 0) is 0 Å². The van der Waals surface area contributed by atoms with Gasteiger partial charge < -0.3 is 0 Å². The first-order valence-electron chi connectivity index (χ1n) is 10.7. The van der Waals surface area contributed by atoms with Gasteiger partial charge in [0, 0.05) is 0 Å². The van der Waals surface area contributed by atoms with Crippen molar-refractivity contribution in [1.29, 1.82) is 0 Å². The SMILES string of the molecule is CC(C)CCCC1CCC(C2CCCCC2)CC1.CCCC. The van der Waals surface area contributed by atoms with Gasteiger partial charge in [-0.2, -0.15) is 0 Å². The van der Waals surface area contributed by atoms with Crippen molar-refractivity contribution < 1.29 is 0 Å². The Hall–Kier alpha value is 0. The lowest BCUT2D eigenvalue weighted by Crippen LogP contribution is -2.23. The second-order valence-corrected chi connectivity index (χ2v) is 8.50. The summed E-state index contributed by atoms with van der Waals surface area (Å²) in [5.41, 5.74) is 0. The Morgan fingerprint density at radius 3 is 1.77 bits per heavy atom. The van der Waals surface area contributed by atoms with Crippen molar-refractivity contribution in [3.05, 3.63) is 0 Å². The molecule has 2 aliphatic carbocycles. The smallest absolute Gasteiger partial charge is 0.0386 e. The predicted octanol–water partition coefficient (Wildman–Crippen LogP) is 8.01. The molecule has 0 aliphatic heterocycles. The largest absolute Gasteiger partial charge is 0.0654 e. The second kappa shape index (κ2) is 12.4. The van der Waals surface area contributed by atoms with Gasteiger partial charge in [0.25, 0.3) is 0 Å². The van der Waals surface area contributed by atoms with Crippen molar-refractivity contribution in [2.75, 3.05) is 0 Å². The maximum atomic E-state index is 2.36. The molecule has 0 atom stereocenters. The van der Waals surface area contributed by atoms with Gasteiger partial charge in [0.1, 0.15) is 0 Å². The average molecular weight is 309 g/mol. The van der Waals surface area contributed by atoms with Crippen LogP contribution in [0.25, 0.3) is 0 Å². The number of unbranched alkanes of at least 4 members (excludes halogenated alkanes) is 1. The van der Waals surface area contributed by atoms with Crippen molar-refractivity contribution >= 4 is 0 Å². The standard InChI is InChI=1S/C18H34.C4H10/c1-15(2)7-6-8-16-11-13-18(14-12-16)17-9-4-3-5-10-17;1-3-4-2/h15-18H,3-14H2,1-2H3;3-4H2,1-2H3. The monoisotopic (exact) mass is 308 g/mol. The van der Waals surface area contributed by atoms with Crippen LogP contribution in [-0.4, -0.2) is 0 Å². The minimum atomic E-state index is 0.906. The number of hydrogen-bond donors (Lipinski definition) is 0. The van der Waals surface area contributed by atoms with E-state index in [-0.39, 0.29) is 0 Å². The van der Waals surface area contributed by atoms with E-state index in [1.54, 1.807) is 38.5 Å². The molecule has 2 saturated carbocycles. The molecule has 0 aromatic heterocycles. The number of rotatable bonds is 6. The van der Waals surface area contributed by atoms with Crippen molar-refractivity contribution in [2.45, 2.75) is 118 Å². The predicted molar refractivity (Wildman–Crippen MR) is 101 cm³/mol. The van der Waals surface area contributed by atoms with Gasteiger partial charge in [-0.25, -0.2) is 0 Å². The maximum absolute atomic E-state index is 2.36. The lowest BCUT2D eigenvalue weighted by Gasteiger charge is -2.36. The van der Waals surface area contributed by atoms with Crippen LogP contribution >= 0.6 is 0 Å². The molecule has 0 aromatic carbocycles. The minimum Gasteiger partial charge on any atom is -0.0654 e. The van der Waals surface area contributed by atoms with Crippen LogP contribution in [0.3, 0.4) is 0 Å². The van der Waals surface area contributed by atoms with Crippen LogP contribution in [0.1, 0.15) is 118 Å². The Bertz CT molecular complexity index is 226. The van der Waals surface area contributed by atoms with Gasteiger partial charge in [0.05, 0.1) is 0 Å². The summed E-state index contributed by atoms with van der Waals surface area (Å²) in [5, 5.41) is 0. The molecule has 2 rings (SSSR count). The zero-order valence-corrected chi connectivity index (χ0v) is 16.2. The van der Waals surface area contributed by atoms with E-state index in [1.165, 1.54) is 51.4 Å². The van der Waals surface area contributed by atoms with E-state index in [4.69, 9.17) is 0 Å². The van der Waals surface area contributed by atoms with Gasteiger partial charge in [0.15, 0.2) is 0 Å². The van der Waals surface area contributed by atoms with Crippen LogP contribution in [0, 0.1) is 23.7 Å². The van der Waals surface area contributed by atoms with E-state index in [9.17, 15) is 0 Å². The molecule has 2 aliphatic rings. The zero-order chi connectivity index (χ0) is 16.2. The van der Waals surface area contributed by atoms with Gasteiger partial charge in [-0.1, -0.05) is 105 Å². The van der Waals surface area contributed by atoms with Gasteiger partial charge in [-0.3, -0.25) is 0 Å². The Labute approximate surface area is 141 Å². The third-order valence-corrected chi connectivity index (χ3v) is 6.10. The number of hydrogen-bond acceptors (Lipinski definition) is 0. The Kier molecular flexibility index (Phi) is 11.3. The summed E-state index contributed by atoms with van der Waals surface area (Å²) < 4.78 is 0. The van der Waals surface area contributed by atoms with Crippen LogP contribution in [0.2, 0.25) is 0 Å². The molecule has 22 heavy (non-hydrogen) atoms. The van der Waals surface area contributed by atoms with E-state index in [0.717, 1.165) is 23.7 Å². The first-order chi connectivity index (χ1) is 10.7. The van der Waals surface area contributed by atoms with E-state index >= 15 is 0 Å². The van der Waals surface area contributed by atoms with Gasteiger partial charge in [-0.05, 0) is 36.5 Å². The van der Waals surface area contributed by atoms with Gasteiger partial charge in [0.2, 0.25) is 0 Å². The molecule has 132 valence electrons. The third kappa shape index (κ3) is 8.59. The highest BCUT2D eigenvalue weighted by molar-refractivity contribution is 4.79. The first kappa shape index (κ1) is 20.0. The molecule has 0 saturated heterocycles. The Morgan fingerprint density at radius 2 is 1.27 bits per heavy atom. The average Bonchev–Trinajstić information content (AvgIpc) is 2.56. The van der Waals surface area contributed by atoms with E-state index < -0.39 is 0 Å². The van der Waals surface area contributed by atoms with Crippen molar-refractivity contribution in [3.63, 3.8) is 0 Å². The lowest BCUT2D eigenvalue weighted by molar-refractivity contribution is 0.162. The highest BCUT2D eigenvalue weighted by Crippen LogP contribution is 2.41. The highest BCUT2D eigenvalue weighted by Gasteiger charge is 2.28. The summed E-state index contributed by atoms with van der Waals surface area (Å²) in [6.07, 6.45) is 21.0. The molecule has 0 nitrogen and oxygen atoms in total. The molecule has 0 N–H and O–H groups in total. The van der Waals surface area contributed by atoms with E-state index in [1.807, 2.05) is 0 Å². The Morgan fingerprint density at radius 1 is 0.727 bits per heavy atom. The van der Waals surface area contributed by atoms with Crippen LogP contribution < -0.4 is 0 Å². The van der Waals surface area contributed by atoms with E-state index in [2.05, 4.69) is 27.7 Å². The Balaban J connectivity index is 0.000000541. The van der Waals surface area contributed by atoms with Gasteiger partial charge in [-0.15, -0.1) is 0 Å². The van der Waals surface area contributed by atoms with Crippen LogP contribution in [0.4, 0.5) is 0 Å². The van der Waals surface area contributed by atoms with Crippen LogP contribution in [0.15, 0.2) is 0 Å². The quantitative estimate of drug-likeness (QED) is 0.466. The summed E-state index contributed by atoms with van der Waals surface area (Å²) >= 11 is 0. The third-order valence-electron chi connectivity index (χ3n) is 6.10. The van der Waals surface area contributed by atoms with E-state index in [0.29, 0.717) is 0 Å². The summed E-state index contributed by atoms with van der Waals surface area (Å²) in [7, 11) is 0. The first-order valence-corrected chi connectivity index (χ1v) is 10.7. The van der Waals surface area contributed by atoms with Crippen LogP contribution in [0.5, 0.6) is 0 Å². The second-order valence-electron chi connectivity index (χ2n) is 8.50. The van der Waals surface area contributed by atoms with Gasteiger partial charge >= 0.3 is 0 Å². The fraction of sp³-hybridized carbons (Fsp3) is 1.00. The molecule has 0 amide bonds. The lowest BCUT2D eigenvalue weighted by atomic mass is 9.70. The molecular weight excluding hydrogens is 264 g/mol. The molecule has 0 heterocycles. The molecule has 2 fully saturated rings. The molecule has 0 radical (unpaired) electrons. The van der Waals surface area contributed by atoms with Crippen molar-refractivity contribution in [3.8, 4) is 0 Å². The maximum Gasteiger partial charge on any atom is -0.0386 e. The summed E-state index contributed by atoms with van der Waals surface area (Å²) in [4.78, 5) is 0. The highest BCUT2D eigenvalue weighted by atomic mass is 14.3. The molecule has 0 bridgehead atoms. The molecule has 0 spiro atoms. The molecule has 0 unspecified atom stereocenters. The summed E-state index contributed by atoms with van der Waals surface area (Å²) in [6.45, 7) is 9.08. The fourth-order valence-electron chi connectivity index (χ4n) is 4.37. The molecule has 0 heteroatoms. The molecule has 0 aromatic rings. The molecular formula is C22H44. The fourth-order valence-corrected chi connectivity index (χ4v) is 4.37. The summed E-state index contributed by atoms with van der Waals surface area (Å²) in [5.74, 6) is 4.23. The zero-order valence-electron chi connectivity index (χ0n) is 16.2. The summed E-state index contributed by atoms with van der Waals surface area (Å²) in [6, 6.07) is 0. The minimum absolute atomic E-state index is 0.906. The van der Waals surface area contributed by atoms with Crippen molar-refractivity contribution in [1.82, 2.24) is 0 Å². The topological polar surface area (TPSA) is 0 Å². The normalized spacial score (nSPS) is 26.6. The van der Waals surface area contributed by atoms with Crippen molar-refractivity contribution in [2.24, 2.45) is 23.7 Å².